The fourth-order valence-corrected chi connectivity index (χ4v) is 3.14. The lowest BCUT2D eigenvalue weighted by Gasteiger charge is -2.33. The van der Waals surface area contributed by atoms with Gasteiger partial charge in [0.1, 0.15) is 0 Å². The van der Waals surface area contributed by atoms with Crippen LogP contribution in [-0.4, -0.2) is 13.1 Å². The van der Waals surface area contributed by atoms with Gasteiger partial charge in [0.25, 0.3) is 0 Å². The molecule has 0 aromatic heterocycles. The minimum absolute atomic E-state index is 0.579. The number of hydrogen-bond donors (Lipinski definition) is 0. The number of rotatable bonds is 2. The van der Waals surface area contributed by atoms with Gasteiger partial charge in [0.05, 0.1) is 5.69 Å². The first-order valence-electron chi connectivity index (χ1n) is 5.80. The number of alkyl halides is 1. The Kier molecular flexibility index (Phi) is 4.15. The molecule has 1 saturated heterocycles. The summed E-state index contributed by atoms with van der Waals surface area (Å²) >= 11 is 9.47. The summed E-state index contributed by atoms with van der Waals surface area (Å²) in [5.41, 5.74) is 2.47. The highest BCUT2D eigenvalue weighted by Crippen LogP contribution is 2.31. The van der Waals surface area contributed by atoms with Gasteiger partial charge in [-0.1, -0.05) is 13.0 Å². The predicted molar refractivity (Wildman–Crippen MR) is 74.3 cm³/mol. The molecule has 0 bridgehead atoms. The second-order valence-corrected chi connectivity index (χ2v) is 5.73. The third-order valence-corrected chi connectivity index (χ3v) is 4.11. The molecule has 1 aliphatic heterocycles. The van der Waals surface area contributed by atoms with Gasteiger partial charge >= 0.3 is 0 Å². The molecule has 0 spiro atoms. The summed E-state index contributed by atoms with van der Waals surface area (Å²) in [6.45, 7) is 4.66. The number of benzene rings is 1. The summed E-state index contributed by atoms with van der Waals surface area (Å²) in [6, 6.07) is 6.42. The lowest BCUT2D eigenvalue weighted by molar-refractivity contribution is 0.446. The van der Waals surface area contributed by atoms with E-state index >= 15 is 0 Å². The van der Waals surface area contributed by atoms with Crippen LogP contribution < -0.4 is 4.90 Å². The van der Waals surface area contributed by atoms with Gasteiger partial charge in [0.2, 0.25) is 0 Å². The molecular weight excluding hydrogens is 286 g/mol. The predicted octanol–water partition coefficient (Wildman–Crippen LogP) is 4.42. The van der Waals surface area contributed by atoms with Crippen LogP contribution in [0.25, 0.3) is 0 Å². The second-order valence-electron chi connectivity index (χ2n) is 4.61. The van der Waals surface area contributed by atoms with Crippen LogP contribution in [0.5, 0.6) is 0 Å². The molecule has 16 heavy (non-hydrogen) atoms. The Balaban J connectivity index is 2.19. The highest BCUT2D eigenvalue weighted by Gasteiger charge is 2.18. The summed E-state index contributed by atoms with van der Waals surface area (Å²) in [5, 5.41) is 0. The molecular formula is C13H17BrClN. The molecule has 3 heteroatoms. The van der Waals surface area contributed by atoms with E-state index in [4.69, 9.17) is 11.6 Å². The first-order chi connectivity index (χ1) is 7.70. The average molecular weight is 303 g/mol. The summed E-state index contributed by atoms with van der Waals surface area (Å²) in [4.78, 5) is 2.47. The van der Waals surface area contributed by atoms with Crippen LogP contribution in [0.2, 0.25) is 0 Å². The Morgan fingerprint density at radius 3 is 2.94 bits per heavy atom. The van der Waals surface area contributed by atoms with Gasteiger partial charge < -0.3 is 4.90 Å². The van der Waals surface area contributed by atoms with E-state index in [1.54, 1.807) is 0 Å². The normalized spacial score (nSPS) is 21.2. The summed E-state index contributed by atoms with van der Waals surface area (Å²) in [6.07, 6.45) is 2.65. The minimum Gasteiger partial charge on any atom is -0.370 e. The fourth-order valence-electron chi connectivity index (χ4n) is 2.30. The summed E-state index contributed by atoms with van der Waals surface area (Å²) in [5.74, 6) is 1.38. The maximum Gasteiger partial charge on any atom is 0.0510 e. The van der Waals surface area contributed by atoms with Crippen LogP contribution in [0.15, 0.2) is 22.7 Å². The van der Waals surface area contributed by atoms with E-state index in [2.05, 4.69) is 46.0 Å². The smallest absolute Gasteiger partial charge is 0.0510 e. The van der Waals surface area contributed by atoms with Gasteiger partial charge in [-0.2, -0.15) is 0 Å². The molecule has 1 aromatic rings. The minimum atomic E-state index is 0.579. The number of anilines is 1. The van der Waals surface area contributed by atoms with Gasteiger partial charge in [-0.15, -0.1) is 11.6 Å². The second kappa shape index (κ2) is 5.42. The molecule has 0 aliphatic carbocycles. The van der Waals surface area contributed by atoms with Gasteiger partial charge in [-0.05, 0) is 52.4 Å². The van der Waals surface area contributed by atoms with Gasteiger partial charge in [0.15, 0.2) is 0 Å². The summed E-state index contributed by atoms with van der Waals surface area (Å²) < 4.78 is 1.17. The zero-order valence-corrected chi connectivity index (χ0v) is 11.9. The van der Waals surface area contributed by atoms with Gasteiger partial charge in [-0.25, -0.2) is 0 Å². The molecule has 1 aromatic carbocycles. The van der Waals surface area contributed by atoms with Gasteiger partial charge in [-0.3, -0.25) is 0 Å². The van der Waals surface area contributed by atoms with Crippen molar-refractivity contribution >= 4 is 33.2 Å². The number of piperidine rings is 1. The lowest BCUT2D eigenvalue weighted by Crippen LogP contribution is -2.34. The molecule has 1 aliphatic rings. The number of nitrogens with zero attached hydrogens (tertiary/aromatic N) is 1. The molecule has 1 unspecified atom stereocenters. The Morgan fingerprint density at radius 1 is 1.50 bits per heavy atom. The first kappa shape index (κ1) is 12.3. The topological polar surface area (TPSA) is 3.24 Å². The van der Waals surface area contributed by atoms with E-state index in [1.807, 2.05) is 0 Å². The standard InChI is InChI=1S/C13H17BrClN/c1-10-3-2-6-16(9-10)13-5-4-11(8-15)7-12(13)14/h4-5,7,10H,2-3,6,8-9H2,1H3. The van der Waals surface area contributed by atoms with Crippen molar-refractivity contribution in [3.05, 3.63) is 28.2 Å². The number of halogens is 2. The maximum atomic E-state index is 5.83. The van der Waals surface area contributed by atoms with Crippen molar-refractivity contribution in [3.63, 3.8) is 0 Å². The molecule has 0 amide bonds. The Labute approximate surface area is 111 Å². The molecule has 1 nitrogen and oxygen atoms in total. The Hall–Kier alpha value is -0.210. The molecule has 88 valence electrons. The molecule has 1 heterocycles. The SMILES string of the molecule is CC1CCCN(c2ccc(CCl)cc2Br)C1. The van der Waals surface area contributed by atoms with E-state index < -0.39 is 0 Å². The molecule has 2 rings (SSSR count). The maximum absolute atomic E-state index is 5.83. The Morgan fingerprint density at radius 2 is 2.31 bits per heavy atom. The van der Waals surface area contributed by atoms with Crippen molar-refractivity contribution < 1.29 is 0 Å². The van der Waals surface area contributed by atoms with Crippen molar-refractivity contribution in [2.45, 2.75) is 25.6 Å². The molecule has 1 atom stereocenters. The lowest BCUT2D eigenvalue weighted by atomic mass is 9.99. The van der Waals surface area contributed by atoms with Crippen LogP contribution in [0.1, 0.15) is 25.3 Å². The summed E-state index contributed by atoms with van der Waals surface area (Å²) in [7, 11) is 0. The van der Waals surface area contributed by atoms with Crippen molar-refractivity contribution in [1.29, 1.82) is 0 Å². The third kappa shape index (κ3) is 2.72. The van der Waals surface area contributed by atoms with Crippen LogP contribution in [0, 0.1) is 5.92 Å². The van der Waals surface area contributed by atoms with Crippen LogP contribution in [0.4, 0.5) is 5.69 Å². The fraction of sp³-hybridized carbons (Fsp3) is 0.538. The van der Waals surface area contributed by atoms with Crippen molar-refractivity contribution in [1.82, 2.24) is 0 Å². The average Bonchev–Trinajstić information content (AvgIpc) is 2.28. The molecule has 1 fully saturated rings. The highest BCUT2D eigenvalue weighted by molar-refractivity contribution is 9.10. The first-order valence-corrected chi connectivity index (χ1v) is 7.13. The third-order valence-electron chi connectivity index (χ3n) is 3.16. The van der Waals surface area contributed by atoms with E-state index in [9.17, 15) is 0 Å². The molecule has 0 radical (unpaired) electrons. The van der Waals surface area contributed by atoms with Crippen LogP contribution in [0.3, 0.4) is 0 Å². The molecule has 0 N–H and O–H groups in total. The zero-order valence-electron chi connectivity index (χ0n) is 9.55. The van der Waals surface area contributed by atoms with E-state index in [-0.39, 0.29) is 0 Å². The zero-order chi connectivity index (χ0) is 11.5. The highest BCUT2D eigenvalue weighted by atomic mass is 79.9. The monoisotopic (exact) mass is 301 g/mol. The van der Waals surface area contributed by atoms with E-state index in [0.29, 0.717) is 5.88 Å². The number of hydrogen-bond acceptors (Lipinski definition) is 1. The largest absolute Gasteiger partial charge is 0.370 e. The van der Waals surface area contributed by atoms with Crippen molar-refractivity contribution in [2.75, 3.05) is 18.0 Å². The van der Waals surface area contributed by atoms with Crippen LogP contribution >= 0.6 is 27.5 Å². The molecule has 0 saturated carbocycles. The Bertz CT molecular complexity index is 367. The quantitative estimate of drug-likeness (QED) is 0.731. The van der Waals surface area contributed by atoms with Crippen LogP contribution in [-0.2, 0) is 5.88 Å². The van der Waals surface area contributed by atoms with Crippen molar-refractivity contribution in [3.8, 4) is 0 Å². The van der Waals surface area contributed by atoms with Gasteiger partial charge in [0, 0.05) is 23.4 Å². The van der Waals surface area contributed by atoms with E-state index in [0.717, 1.165) is 5.92 Å². The van der Waals surface area contributed by atoms with E-state index in [1.165, 1.54) is 41.7 Å². The van der Waals surface area contributed by atoms with Crippen molar-refractivity contribution in [2.24, 2.45) is 5.92 Å².